The molecule has 0 atom stereocenters. The molecule has 0 saturated heterocycles. The van der Waals surface area contributed by atoms with Crippen molar-refractivity contribution in [1.29, 1.82) is 0 Å². The van der Waals surface area contributed by atoms with Crippen LogP contribution in [-0.2, 0) is 9.47 Å². The Kier molecular flexibility index (Phi) is 13.8. The summed E-state index contributed by atoms with van der Waals surface area (Å²) in [5, 5.41) is 3.42. The van der Waals surface area contributed by atoms with Gasteiger partial charge in [-0.1, -0.05) is 27.2 Å². The fourth-order valence-electron chi connectivity index (χ4n) is 1.47. The Labute approximate surface area is 107 Å². The summed E-state index contributed by atoms with van der Waals surface area (Å²) in [6.45, 7) is 10.9. The third kappa shape index (κ3) is 15.9. The molecule has 0 aliphatic heterocycles. The van der Waals surface area contributed by atoms with Crippen molar-refractivity contribution in [2.24, 2.45) is 0 Å². The van der Waals surface area contributed by atoms with E-state index in [9.17, 15) is 0 Å². The van der Waals surface area contributed by atoms with E-state index >= 15 is 0 Å². The molecule has 0 aliphatic carbocycles. The summed E-state index contributed by atoms with van der Waals surface area (Å²) < 4.78 is 10.9. The summed E-state index contributed by atoms with van der Waals surface area (Å²) in [4.78, 5) is 0. The lowest BCUT2D eigenvalue weighted by molar-refractivity contribution is 0.0453. The predicted octanol–water partition coefficient (Wildman–Crippen LogP) is 2.99. The topological polar surface area (TPSA) is 30.5 Å². The first-order valence-corrected chi connectivity index (χ1v) is 7.16. The molecule has 0 bridgehead atoms. The van der Waals surface area contributed by atoms with Gasteiger partial charge >= 0.3 is 0 Å². The van der Waals surface area contributed by atoms with E-state index in [1.54, 1.807) is 0 Å². The van der Waals surface area contributed by atoms with Crippen molar-refractivity contribution < 1.29 is 9.47 Å². The molecule has 17 heavy (non-hydrogen) atoms. The van der Waals surface area contributed by atoms with Crippen molar-refractivity contribution in [3.8, 4) is 0 Å². The molecule has 0 rings (SSSR count). The number of hydrogen-bond donors (Lipinski definition) is 1. The van der Waals surface area contributed by atoms with Crippen LogP contribution in [0.4, 0.5) is 0 Å². The second-order valence-corrected chi connectivity index (χ2v) is 4.75. The van der Waals surface area contributed by atoms with Gasteiger partial charge in [-0.2, -0.15) is 0 Å². The molecule has 0 aromatic heterocycles. The molecule has 0 spiro atoms. The van der Waals surface area contributed by atoms with E-state index in [1.165, 1.54) is 19.3 Å². The third-order valence-corrected chi connectivity index (χ3v) is 2.53. The second-order valence-electron chi connectivity index (χ2n) is 4.75. The summed E-state index contributed by atoms with van der Waals surface area (Å²) >= 11 is 0. The van der Waals surface area contributed by atoms with Crippen LogP contribution < -0.4 is 5.32 Å². The van der Waals surface area contributed by atoms with Crippen LogP contribution in [0.2, 0.25) is 0 Å². The van der Waals surface area contributed by atoms with Gasteiger partial charge in [-0.05, 0) is 32.2 Å². The highest BCUT2D eigenvalue weighted by Gasteiger charge is 1.93. The molecule has 0 aromatic rings. The zero-order chi connectivity index (χ0) is 12.8. The minimum Gasteiger partial charge on any atom is -0.379 e. The fraction of sp³-hybridized carbons (Fsp3) is 1.00. The van der Waals surface area contributed by atoms with Crippen LogP contribution in [0, 0.1) is 0 Å². The average molecular weight is 245 g/mol. The molecule has 0 fully saturated rings. The lowest BCUT2D eigenvalue weighted by atomic mass is 10.2. The van der Waals surface area contributed by atoms with Gasteiger partial charge < -0.3 is 14.8 Å². The van der Waals surface area contributed by atoms with Crippen molar-refractivity contribution >= 4 is 0 Å². The van der Waals surface area contributed by atoms with Gasteiger partial charge in [-0.15, -0.1) is 0 Å². The van der Waals surface area contributed by atoms with Gasteiger partial charge in [0.15, 0.2) is 0 Å². The van der Waals surface area contributed by atoms with E-state index in [2.05, 4.69) is 26.1 Å². The lowest BCUT2D eigenvalue weighted by Gasteiger charge is -2.08. The van der Waals surface area contributed by atoms with Crippen LogP contribution in [0.3, 0.4) is 0 Å². The molecule has 3 nitrogen and oxygen atoms in total. The van der Waals surface area contributed by atoms with E-state index in [0.717, 1.165) is 45.8 Å². The monoisotopic (exact) mass is 245 g/mol. The van der Waals surface area contributed by atoms with Crippen molar-refractivity contribution in [1.82, 2.24) is 5.32 Å². The normalized spacial score (nSPS) is 11.3. The minimum absolute atomic E-state index is 0.603. The maximum Gasteiger partial charge on any atom is 0.0700 e. The van der Waals surface area contributed by atoms with Gasteiger partial charge in [0, 0.05) is 19.3 Å². The number of rotatable bonds is 13. The molecule has 0 aliphatic rings. The standard InChI is InChI=1S/C14H31NO2/c1-4-5-10-16-12-13-17-11-8-6-7-9-15-14(2)3/h14-15H,4-13H2,1-3H3. The summed E-state index contributed by atoms with van der Waals surface area (Å²) in [5.41, 5.74) is 0. The third-order valence-electron chi connectivity index (χ3n) is 2.53. The average Bonchev–Trinajstić information content (AvgIpc) is 2.30. The smallest absolute Gasteiger partial charge is 0.0700 e. The first-order valence-electron chi connectivity index (χ1n) is 7.16. The molecular weight excluding hydrogens is 214 g/mol. The molecule has 0 radical (unpaired) electrons. The fourth-order valence-corrected chi connectivity index (χ4v) is 1.47. The van der Waals surface area contributed by atoms with Crippen LogP contribution in [-0.4, -0.2) is 39.0 Å². The van der Waals surface area contributed by atoms with Crippen LogP contribution >= 0.6 is 0 Å². The van der Waals surface area contributed by atoms with Gasteiger partial charge in [0.2, 0.25) is 0 Å². The Hall–Kier alpha value is -0.120. The molecule has 0 saturated carbocycles. The molecule has 0 heterocycles. The Morgan fingerprint density at radius 1 is 0.824 bits per heavy atom. The van der Waals surface area contributed by atoms with Gasteiger partial charge in [-0.25, -0.2) is 0 Å². The van der Waals surface area contributed by atoms with Crippen LogP contribution in [0.1, 0.15) is 52.9 Å². The number of unbranched alkanes of at least 4 members (excludes halogenated alkanes) is 3. The van der Waals surface area contributed by atoms with Gasteiger partial charge in [0.25, 0.3) is 0 Å². The Morgan fingerprint density at radius 3 is 2.06 bits per heavy atom. The highest BCUT2D eigenvalue weighted by Crippen LogP contribution is 1.95. The van der Waals surface area contributed by atoms with Gasteiger partial charge in [0.1, 0.15) is 0 Å². The predicted molar refractivity (Wildman–Crippen MR) is 73.5 cm³/mol. The molecule has 1 N–H and O–H groups in total. The first kappa shape index (κ1) is 16.9. The van der Waals surface area contributed by atoms with E-state index in [4.69, 9.17) is 9.47 Å². The van der Waals surface area contributed by atoms with Crippen molar-refractivity contribution in [2.75, 3.05) is 33.0 Å². The van der Waals surface area contributed by atoms with E-state index < -0.39 is 0 Å². The quantitative estimate of drug-likeness (QED) is 0.506. The zero-order valence-electron chi connectivity index (χ0n) is 12.0. The van der Waals surface area contributed by atoms with Crippen LogP contribution in [0.15, 0.2) is 0 Å². The van der Waals surface area contributed by atoms with Crippen LogP contribution in [0.25, 0.3) is 0 Å². The number of nitrogens with one attached hydrogen (secondary N) is 1. The summed E-state index contributed by atoms with van der Waals surface area (Å²) in [5.74, 6) is 0. The maximum atomic E-state index is 5.50. The molecule has 0 aromatic carbocycles. The van der Waals surface area contributed by atoms with E-state index in [-0.39, 0.29) is 0 Å². The lowest BCUT2D eigenvalue weighted by Crippen LogP contribution is -2.23. The molecular formula is C14H31NO2. The first-order chi connectivity index (χ1) is 8.27. The maximum absolute atomic E-state index is 5.50. The summed E-state index contributed by atoms with van der Waals surface area (Å²) in [7, 11) is 0. The van der Waals surface area contributed by atoms with Crippen molar-refractivity contribution in [3.63, 3.8) is 0 Å². The van der Waals surface area contributed by atoms with E-state index in [1.807, 2.05) is 0 Å². The minimum atomic E-state index is 0.603. The van der Waals surface area contributed by atoms with Crippen LogP contribution in [0.5, 0.6) is 0 Å². The summed E-state index contributed by atoms with van der Waals surface area (Å²) in [6.07, 6.45) is 6.01. The van der Waals surface area contributed by atoms with Gasteiger partial charge in [-0.3, -0.25) is 0 Å². The molecule has 3 heteroatoms. The Balaban J connectivity index is 2.89. The van der Waals surface area contributed by atoms with Crippen molar-refractivity contribution in [2.45, 2.75) is 58.9 Å². The van der Waals surface area contributed by atoms with Crippen molar-refractivity contribution in [3.05, 3.63) is 0 Å². The molecule has 0 amide bonds. The Bertz CT molecular complexity index is 140. The molecule has 104 valence electrons. The SMILES string of the molecule is CCCCOCCOCCCCCNC(C)C. The highest BCUT2D eigenvalue weighted by molar-refractivity contribution is 4.52. The zero-order valence-corrected chi connectivity index (χ0v) is 12.0. The van der Waals surface area contributed by atoms with E-state index in [0.29, 0.717) is 6.04 Å². The largest absolute Gasteiger partial charge is 0.379 e. The molecule has 0 unspecified atom stereocenters. The number of ether oxygens (including phenoxy) is 2. The Morgan fingerprint density at radius 2 is 1.47 bits per heavy atom. The second kappa shape index (κ2) is 13.9. The highest BCUT2D eigenvalue weighted by atomic mass is 16.5. The van der Waals surface area contributed by atoms with Gasteiger partial charge in [0.05, 0.1) is 13.2 Å². The summed E-state index contributed by atoms with van der Waals surface area (Å²) in [6, 6.07) is 0.603. The number of hydrogen-bond acceptors (Lipinski definition) is 3.